The van der Waals surface area contributed by atoms with E-state index in [1.807, 2.05) is 4.90 Å². The monoisotopic (exact) mass is 452 g/mol. The van der Waals surface area contributed by atoms with E-state index in [0.29, 0.717) is 47.9 Å². The summed E-state index contributed by atoms with van der Waals surface area (Å²) in [7, 11) is 0. The number of anilines is 1. The van der Waals surface area contributed by atoms with E-state index in [9.17, 15) is 22.8 Å². The van der Waals surface area contributed by atoms with Crippen LogP contribution in [0.3, 0.4) is 0 Å². The zero-order valence-electron chi connectivity index (χ0n) is 15.9. The lowest BCUT2D eigenvalue weighted by atomic mass is 10.1. The summed E-state index contributed by atoms with van der Waals surface area (Å²) in [6.07, 6.45) is -4.52. The van der Waals surface area contributed by atoms with Crippen LogP contribution in [-0.2, 0) is 6.18 Å². The van der Waals surface area contributed by atoms with E-state index >= 15 is 0 Å². The summed E-state index contributed by atoms with van der Waals surface area (Å²) >= 11 is 6.47. The molecule has 1 aliphatic heterocycles. The number of carboxylic acids is 1. The molecule has 2 heterocycles. The van der Waals surface area contributed by atoms with Gasteiger partial charge in [0.2, 0.25) is 5.76 Å². The van der Waals surface area contributed by atoms with Gasteiger partial charge in [-0.25, -0.2) is 4.79 Å². The van der Waals surface area contributed by atoms with Gasteiger partial charge in [-0.1, -0.05) is 17.7 Å². The minimum Gasteiger partial charge on any atom is -0.475 e. The number of benzene rings is 2. The number of carbonyl (C=O) groups excluding carboxylic acids is 1. The summed E-state index contributed by atoms with van der Waals surface area (Å²) < 4.78 is 44.0. The van der Waals surface area contributed by atoms with Crippen LogP contribution in [-0.4, -0.2) is 48.1 Å². The molecule has 0 saturated carbocycles. The molecule has 2 aromatic carbocycles. The third-order valence-corrected chi connectivity index (χ3v) is 5.57. The van der Waals surface area contributed by atoms with Crippen LogP contribution < -0.4 is 4.90 Å². The van der Waals surface area contributed by atoms with Gasteiger partial charge in [-0.05, 0) is 30.3 Å². The predicted molar refractivity (Wildman–Crippen MR) is 108 cm³/mol. The van der Waals surface area contributed by atoms with Crippen molar-refractivity contribution in [2.24, 2.45) is 0 Å². The minimum absolute atomic E-state index is 0.0117. The number of nitrogens with zero attached hydrogens (tertiary/aromatic N) is 2. The number of amides is 1. The Labute approximate surface area is 179 Å². The SMILES string of the molecule is O=C(O)c1cc2c(Cl)c(N3CCN(C(=O)c4cccc(C(F)(F)F)c4)CC3)ccc2o1. The van der Waals surface area contributed by atoms with Gasteiger partial charge in [0.05, 0.1) is 16.3 Å². The molecule has 10 heteroatoms. The third-order valence-electron chi connectivity index (χ3n) is 5.17. The van der Waals surface area contributed by atoms with Crippen molar-refractivity contribution in [1.82, 2.24) is 4.90 Å². The number of carboxylic acid groups (broad SMARTS) is 1. The van der Waals surface area contributed by atoms with Gasteiger partial charge < -0.3 is 19.3 Å². The number of hydrogen-bond acceptors (Lipinski definition) is 4. The third kappa shape index (κ3) is 4.05. The van der Waals surface area contributed by atoms with Gasteiger partial charge in [0.25, 0.3) is 5.91 Å². The van der Waals surface area contributed by atoms with E-state index in [-0.39, 0.29) is 11.3 Å². The molecule has 1 aromatic heterocycles. The Morgan fingerprint density at radius 3 is 2.39 bits per heavy atom. The first-order valence-corrected chi connectivity index (χ1v) is 9.70. The molecule has 1 saturated heterocycles. The highest BCUT2D eigenvalue weighted by Gasteiger charge is 2.32. The molecule has 31 heavy (non-hydrogen) atoms. The van der Waals surface area contributed by atoms with Gasteiger partial charge in [0, 0.05) is 43.2 Å². The van der Waals surface area contributed by atoms with E-state index in [0.717, 1.165) is 12.1 Å². The molecule has 1 aliphatic rings. The number of aromatic carboxylic acids is 1. The Morgan fingerprint density at radius 2 is 1.74 bits per heavy atom. The molecule has 0 spiro atoms. The lowest BCUT2D eigenvalue weighted by Gasteiger charge is -2.36. The maximum Gasteiger partial charge on any atom is 0.416 e. The minimum atomic E-state index is -4.52. The molecule has 0 atom stereocenters. The van der Waals surface area contributed by atoms with Crippen LogP contribution in [0, 0.1) is 0 Å². The lowest BCUT2D eigenvalue weighted by Crippen LogP contribution is -2.48. The predicted octanol–water partition coefficient (Wildman–Crippen LogP) is 4.77. The van der Waals surface area contributed by atoms with E-state index in [4.69, 9.17) is 21.1 Å². The van der Waals surface area contributed by atoms with Gasteiger partial charge in [0.1, 0.15) is 5.58 Å². The van der Waals surface area contributed by atoms with E-state index in [1.165, 1.54) is 23.1 Å². The number of piperazine rings is 1. The van der Waals surface area contributed by atoms with Crippen LogP contribution in [0.15, 0.2) is 46.9 Å². The van der Waals surface area contributed by atoms with Crippen LogP contribution in [0.2, 0.25) is 5.02 Å². The maximum absolute atomic E-state index is 12.9. The van der Waals surface area contributed by atoms with E-state index in [2.05, 4.69) is 0 Å². The van der Waals surface area contributed by atoms with Crippen molar-refractivity contribution in [2.45, 2.75) is 6.18 Å². The van der Waals surface area contributed by atoms with E-state index < -0.39 is 23.6 Å². The number of hydrogen-bond donors (Lipinski definition) is 1. The van der Waals surface area contributed by atoms with Gasteiger partial charge in [-0.3, -0.25) is 4.79 Å². The lowest BCUT2D eigenvalue weighted by molar-refractivity contribution is -0.137. The van der Waals surface area contributed by atoms with Gasteiger partial charge >= 0.3 is 12.1 Å². The summed E-state index contributed by atoms with van der Waals surface area (Å²) in [5.41, 5.74) is 0.142. The second-order valence-corrected chi connectivity index (χ2v) is 7.46. The quantitative estimate of drug-likeness (QED) is 0.620. The fourth-order valence-electron chi connectivity index (χ4n) is 3.58. The second kappa shape index (κ2) is 7.81. The number of halogens is 4. The van der Waals surface area contributed by atoms with Crippen molar-refractivity contribution in [2.75, 3.05) is 31.1 Å². The molecule has 3 aromatic rings. The maximum atomic E-state index is 12.9. The Kier molecular flexibility index (Phi) is 5.30. The number of carbonyl (C=O) groups is 2. The smallest absolute Gasteiger partial charge is 0.416 e. The van der Waals surface area contributed by atoms with Crippen LogP contribution in [0.5, 0.6) is 0 Å². The molecular weight excluding hydrogens is 437 g/mol. The van der Waals surface area contributed by atoms with Crippen molar-refractivity contribution in [3.05, 3.63) is 64.4 Å². The Hall–Kier alpha value is -3.20. The van der Waals surface area contributed by atoms with Crippen LogP contribution in [0.1, 0.15) is 26.5 Å². The zero-order chi connectivity index (χ0) is 22.3. The molecule has 4 rings (SSSR count). The molecule has 1 N–H and O–H groups in total. The van der Waals surface area contributed by atoms with Crippen molar-refractivity contribution >= 4 is 40.1 Å². The van der Waals surface area contributed by atoms with Crippen LogP contribution in [0.25, 0.3) is 11.0 Å². The largest absolute Gasteiger partial charge is 0.475 e. The van der Waals surface area contributed by atoms with Crippen molar-refractivity contribution in [1.29, 1.82) is 0 Å². The first kappa shape index (κ1) is 21.0. The molecular formula is C21H16ClF3N2O4. The van der Waals surface area contributed by atoms with E-state index in [1.54, 1.807) is 12.1 Å². The Balaban J connectivity index is 1.49. The average molecular weight is 453 g/mol. The molecule has 6 nitrogen and oxygen atoms in total. The van der Waals surface area contributed by atoms with Crippen molar-refractivity contribution < 1.29 is 32.3 Å². The summed E-state index contributed by atoms with van der Waals surface area (Å²) in [5.74, 6) is -1.88. The number of rotatable bonds is 3. The standard InChI is InChI=1S/C21H16ClF3N2O4/c22-18-14-11-17(20(29)30)31-16(14)5-4-15(18)26-6-8-27(9-7-26)19(28)12-2-1-3-13(10-12)21(23,24)25/h1-5,10-11H,6-9H2,(H,29,30). The number of fused-ring (bicyclic) bond motifs is 1. The van der Waals surface area contributed by atoms with Crippen molar-refractivity contribution in [3.63, 3.8) is 0 Å². The molecule has 0 bridgehead atoms. The van der Waals surface area contributed by atoms with Crippen LogP contribution in [0.4, 0.5) is 18.9 Å². The van der Waals surface area contributed by atoms with Gasteiger partial charge in [0.15, 0.2) is 0 Å². The highest BCUT2D eigenvalue weighted by atomic mass is 35.5. The summed E-state index contributed by atoms with van der Waals surface area (Å²) in [6.45, 7) is 1.43. The van der Waals surface area contributed by atoms with Crippen molar-refractivity contribution in [3.8, 4) is 0 Å². The molecule has 1 fully saturated rings. The fraction of sp³-hybridized carbons (Fsp3) is 0.238. The molecule has 0 radical (unpaired) electrons. The Morgan fingerprint density at radius 1 is 1.03 bits per heavy atom. The molecule has 0 unspecified atom stereocenters. The Bertz CT molecular complexity index is 1170. The zero-order valence-corrected chi connectivity index (χ0v) is 16.7. The highest BCUT2D eigenvalue weighted by Crippen LogP contribution is 2.36. The van der Waals surface area contributed by atoms with Crippen LogP contribution >= 0.6 is 11.6 Å². The fourth-order valence-corrected chi connectivity index (χ4v) is 3.91. The highest BCUT2D eigenvalue weighted by molar-refractivity contribution is 6.38. The normalized spacial score (nSPS) is 14.8. The number of furan rings is 1. The summed E-state index contributed by atoms with van der Waals surface area (Å²) in [5, 5.41) is 9.90. The summed E-state index contributed by atoms with van der Waals surface area (Å²) in [4.78, 5) is 27.2. The molecule has 162 valence electrons. The topological polar surface area (TPSA) is 74.0 Å². The second-order valence-electron chi connectivity index (χ2n) is 7.08. The van der Waals surface area contributed by atoms with Gasteiger partial charge in [-0.15, -0.1) is 0 Å². The van der Waals surface area contributed by atoms with Gasteiger partial charge in [-0.2, -0.15) is 13.2 Å². The first-order chi connectivity index (χ1) is 14.6. The molecule has 0 aliphatic carbocycles. The average Bonchev–Trinajstić information content (AvgIpc) is 3.19. The molecule has 1 amide bonds. The summed E-state index contributed by atoms with van der Waals surface area (Å²) in [6, 6.07) is 9.08. The number of alkyl halides is 3. The first-order valence-electron chi connectivity index (χ1n) is 9.32.